The predicted octanol–water partition coefficient (Wildman–Crippen LogP) is 2.13. The van der Waals surface area contributed by atoms with Crippen LogP contribution in [0.3, 0.4) is 0 Å². The Hall–Kier alpha value is -0.870. The van der Waals surface area contributed by atoms with Gasteiger partial charge in [-0.3, -0.25) is 0 Å². The van der Waals surface area contributed by atoms with E-state index in [1.54, 1.807) is 0 Å². The number of sulfone groups is 1. The molecule has 0 heterocycles. The first-order chi connectivity index (χ1) is 7.85. The van der Waals surface area contributed by atoms with Crippen LogP contribution in [-0.2, 0) is 9.84 Å². The SMILES string of the molecule is CCCS(=O)(=O)CC(N)c1cc(C)ccc1C. The minimum Gasteiger partial charge on any atom is -0.323 e. The van der Waals surface area contributed by atoms with Crippen molar-refractivity contribution in [3.05, 3.63) is 34.9 Å². The molecular weight excluding hydrogens is 234 g/mol. The predicted molar refractivity (Wildman–Crippen MR) is 71.8 cm³/mol. The van der Waals surface area contributed by atoms with Gasteiger partial charge < -0.3 is 5.73 Å². The van der Waals surface area contributed by atoms with Gasteiger partial charge in [0.2, 0.25) is 0 Å². The number of nitrogens with two attached hydrogens (primary N) is 1. The molecule has 0 aromatic heterocycles. The van der Waals surface area contributed by atoms with Gasteiger partial charge in [-0.1, -0.05) is 30.7 Å². The van der Waals surface area contributed by atoms with Gasteiger partial charge >= 0.3 is 0 Å². The Labute approximate surface area is 104 Å². The molecule has 96 valence electrons. The van der Waals surface area contributed by atoms with Crippen LogP contribution in [0.25, 0.3) is 0 Å². The first-order valence-electron chi connectivity index (χ1n) is 5.89. The summed E-state index contributed by atoms with van der Waals surface area (Å²) in [6.07, 6.45) is 0.641. The van der Waals surface area contributed by atoms with Crippen LogP contribution < -0.4 is 5.73 Å². The van der Waals surface area contributed by atoms with Crippen LogP contribution >= 0.6 is 0 Å². The van der Waals surface area contributed by atoms with Crippen LogP contribution in [0.15, 0.2) is 18.2 Å². The highest BCUT2D eigenvalue weighted by atomic mass is 32.2. The first kappa shape index (κ1) is 14.2. The van der Waals surface area contributed by atoms with Gasteiger partial charge in [0.1, 0.15) is 0 Å². The average Bonchev–Trinajstić information content (AvgIpc) is 2.20. The fourth-order valence-corrected chi connectivity index (χ4v) is 3.43. The van der Waals surface area contributed by atoms with E-state index in [-0.39, 0.29) is 11.5 Å². The summed E-state index contributed by atoms with van der Waals surface area (Å²) >= 11 is 0. The molecule has 3 nitrogen and oxygen atoms in total. The number of aryl methyl sites for hydroxylation is 2. The fourth-order valence-electron chi connectivity index (χ4n) is 1.92. The zero-order chi connectivity index (χ0) is 13.1. The zero-order valence-electron chi connectivity index (χ0n) is 10.7. The lowest BCUT2D eigenvalue weighted by atomic mass is 10.0. The molecule has 0 saturated carbocycles. The first-order valence-corrected chi connectivity index (χ1v) is 7.71. The second-order valence-electron chi connectivity index (χ2n) is 4.58. The number of benzene rings is 1. The molecule has 1 aromatic carbocycles. The number of rotatable bonds is 5. The maximum absolute atomic E-state index is 11.7. The van der Waals surface area contributed by atoms with E-state index in [1.165, 1.54) is 0 Å². The third kappa shape index (κ3) is 4.13. The van der Waals surface area contributed by atoms with Crippen molar-refractivity contribution in [1.29, 1.82) is 0 Å². The molecule has 0 spiro atoms. The minimum atomic E-state index is -3.03. The van der Waals surface area contributed by atoms with Crippen molar-refractivity contribution >= 4 is 9.84 Å². The van der Waals surface area contributed by atoms with Gasteiger partial charge in [-0.15, -0.1) is 0 Å². The monoisotopic (exact) mass is 255 g/mol. The molecule has 0 amide bonds. The van der Waals surface area contributed by atoms with Crippen LogP contribution in [0, 0.1) is 13.8 Å². The van der Waals surface area contributed by atoms with Crippen LogP contribution in [0.4, 0.5) is 0 Å². The molecule has 0 aliphatic heterocycles. The van der Waals surface area contributed by atoms with E-state index in [1.807, 2.05) is 39.0 Å². The summed E-state index contributed by atoms with van der Waals surface area (Å²) in [4.78, 5) is 0. The quantitative estimate of drug-likeness (QED) is 0.876. The Morgan fingerprint density at radius 2 is 1.94 bits per heavy atom. The summed E-state index contributed by atoms with van der Waals surface area (Å²) in [6.45, 7) is 5.80. The lowest BCUT2D eigenvalue weighted by Gasteiger charge is -2.15. The maximum Gasteiger partial charge on any atom is 0.152 e. The van der Waals surface area contributed by atoms with Gasteiger partial charge in [-0.25, -0.2) is 8.42 Å². The van der Waals surface area contributed by atoms with Crippen molar-refractivity contribution in [1.82, 2.24) is 0 Å². The molecule has 1 atom stereocenters. The number of hydrogen-bond donors (Lipinski definition) is 1. The summed E-state index contributed by atoms with van der Waals surface area (Å²) < 4.78 is 23.5. The van der Waals surface area contributed by atoms with Crippen molar-refractivity contribution in [2.24, 2.45) is 5.73 Å². The van der Waals surface area contributed by atoms with Crippen LogP contribution in [0.5, 0.6) is 0 Å². The third-order valence-corrected chi connectivity index (χ3v) is 4.68. The Kier molecular flexibility index (Phi) is 4.71. The second kappa shape index (κ2) is 5.65. The Morgan fingerprint density at radius 1 is 1.29 bits per heavy atom. The molecule has 17 heavy (non-hydrogen) atoms. The molecular formula is C13H21NO2S. The van der Waals surface area contributed by atoms with Gasteiger partial charge in [0.05, 0.1) is 5.75 Å². The molecule has 0 bridgehead atoms. The van der Waals surface area contributed by atoms with Gasteiger partial charge in [-0.05, 0) is 31.4 Å². The molecule has 0 aliphatic carbocycles. The van der Waals surface area contributed by atoms with Crippen molar-refractivity contribution in [2.45, 2.75) is 33.2 Å². The Bertz CT molecular complexity index is 480. The van der Waals surface area contributed by atoms with E-state index >= 15 is 0 Å². The van der Waals surface area contributed by atoms with E-state index in [9.17, 15) is 8.42 Å². The average molecular weight is 255 g/mol. The van der Waals surface area contributed by atoms with Crippen LogP contribution in [0.1, 0.15) is 36.1 Å². The van der Waals surface area contributed by atoms with E-state index in [0.717, 1.165) is 16.7 Å². The highest BCUT2D eigenvalue weighted by Gasteiger charge is 2.18. The molecule has 0 saturated heterocycles. The van der Waals surface area contributed by atoms with E-state index < -0.39 is 15.9 Å². The fraction of sp³-hybridized carbons (Fsp3) is 0.538. The Morgan fingerprint density at radius 3 is 2.53 bits per heavy atom. The van der Waals surface area contributed by atoms with Gasteiger partial charge in [-0.2, -0.15) is 0 Å². The number of hydrogen-bond acceptors (Lipinski definition) is 3. The topological polar surface area (TPSA) is 60.2 Å². The highest BCUT2D eigenvalue weighted by Crippen LogP contribution is 2.19. The van der Waals surface area contributed by atoms with Crippen molar-refractivity contribution in [2.75, 3.05) is 11.5 Å². The van der Waals surface area contributed by atoms with E-state index in [4.69, 9.17) is 5.73 Å². The lowest BCUT2D eigenvalue weighted by Crippen LogP contribution is -2.24. The normalized spacial score (nSPS) is 13.6. The van der Waals surface area contributed by atoms with Crippen molar-refractivity contribution < 1.29 is 8.42 Å². The van der Waals surface area contributed by atoms with Crippen LogP contribution in [0.2, 0.25) is 0 Å². The molecule has 1 aromatic rings. The zero-order valence-corrected chi connectivity index (χ0v) is 11.5. The summed E-state index contributed by atoms with van der Waals surface area (Å²) in [6, 6.07) is 5.54. The molecule has 1 rings (SSSR count). The molecule has 0 fully saturated rings. The second-order valence-corrected chi connectivity index (χ2v) is 6.81. The Balaban J connectivity index is 2.90. The van der Waals surface area contributed by atoms with Crippen molar-refractivity contribution in [3.63, 3.8) is 0 Å². The third-order valence-electron chi connectivity index (χ3n) is 2.78. The van der Waals surface area contributed by atoms with E-state index in [0.29, 0.717) is 6.42 Å². The standard InChI is InChI=1S/C13H21NO2S/c1-4-7-17(15,16)9-13(14)12-8-10(2)5-6-11(12)3/h5-6,8,13H,4,7,9,14H2,1-3H3. The molecule has 4 heteroatoms. The minimum absolute atomic E-state index is 0.0329. The van der Waals surface area contributed by atoms with Crippen LogP contribution in [-0.4, -0.2) is 19.9 Å². The van der Waals surface area contributed by atoms with E-state index in [2.05, 4.69) is 0 Å². The van der Waals surface area contributed by atoms with Gasteiger partial charge in [0.25, 0.3) is 0 Å². The molecule has 0 radical (unpaired) electrons. The van der Waals surface area contributed by atoms with Crippen molar-refractivity contribution in [3.8, 4) is 0 Å². The largest absolute Gasteiger partial charge is 0.323 e. The summed E-state index contributed by atoms with van der Waals surface area (Å²) in [5.41, 5.74) is 9.09. The summed E-state index contributed by atoms with van der Waals surface area (Å²) in [5, 5.41) is 0. The summed E-state index contributed by atoms with van der Waals surface area (Å²) in [7, 11) is -3.03. The molecule has 1 unspecified atom stereocenters. The molecule has 2 N–H and O–H groups in total. The van der Waals surface area contributed by atoms with Gasteiger partial charge in [0, 0.05) is 11.8 Å². The summed E-state index contributed by atoms with van der Waals surface area (Å²) in [5.74, 6) is 0.247. The van der Waals surface area contributed by atoms with Gasteiger partial charge in [0.15, 0.2) is 9.84 Å². The maximum atomic E-state index is 11.7. The lowest BCUT2D eigenvalue weighted by molar-refractivity contribution is 0.587. The highest BCUT2D eigenvalue weighted by molar-refractivity contribution is 7.91. The smallest absolute Gasteiger partial charge is 0.152 e. The molecule has 0 aliphatic rings.